The number of aliphatic carboxylic acids is 1. The predicted octanol–water partition coefficient (Wildman–Crippen LogP) is 2.06. The van der Waals surface area contributed by atoms with Crippen LogP contribution in [0.4, 0.5) is 0 Å². The molecule has 0 amide bonds. The van der Waals surface area contributed by atoms with Crippen LogP contribution in [0.3, 0.4) is 0 Å². The van der Waals surface area contributed by atoms with E-state index in [1.807, 2.05) is 6.08 Å². The van der Waals surface area contributed by atoms with Gasteiger partial charge < -0.3 is 5.11 Å². The van der Waals surface area contributed by atoms with Gasteiger partial charge in [-0.25, -0.2) is 4.79 Å². The third kappa shape index (κ3) is 2.07. The number of rotatable bonds is 3. The van der Waals surface area contributed by atoms with Crippen molar-refractivity contribution in [2.45, 2.75) is 26.7 Å². The van der Waals surface area contributed by atoms with Gasteiger partial charge in [-0.05, 0) is 24.7 Å². The monoisotopic (exact) mass is 154 g/mol. The first-order chi connectivity index (χ1) is 5.09. The van der Waals surface area contributed by atoms with E-state index in [4.69, 9.17) is 5.11 Å². The minimum atomic E-state index is -0.745. The summed E-state index contributed by atoms with van der Waals surface area (Å²) in [6, 6.07) is 0. The van der Waals surface area contributed by atoms with Gasteiger partial charge in [-0.1, -0.05) is 19.9 Å². The molecule has 0 saturated carbocycles. The molecule has 2 heteroatoms. The lowest BCUT2D eigenvalue weighted by Gasteiger charge is -2.23. The first-order valence-corrected chi connectivity index (χ1v) is 4.03. The Morgan fingerprint density at radius 2 is 2.36 bits per heavy atom. The van der Waals surface area contributed by atoms with Gasteiger partial charge in [-0.2, -0.15) is 0 Å². The zero-order chi connectivity index (χ0) is 8.43. The lowest BCUT2D eigenvalue weighted by atomic mass is 9.81. The summed E-state index contributed by atoms with van der Waals surface area (Å²) in [7, 11) is 0. The van der Waals surface area contributed by atoms with Crippen molar-refractivity contribution in [1.82, 2.24) is 0 Å². The molecule has 0 radical (unpaired) electrons. The van der Waals surface area contributed by atoms with Crippen LogP contribution < -0.4 is 0 Å². The van der Waals surface area contributed by atoms with Gasteiger partial charge in [0, 0.05) is 5.57 Å². The van der Waals surface area contributed by atoms with E-state index in [0.717, 1.165) is 12.8 Å². The van der Waals surface area contributed by atoms with Crippen molar-refractivity contribution in [3.63, 3.8) is 0 Å². The quantitative estimate of drug-likeness (QED) is 0.675. The summed E-state index contributed by atoms with van der Waals surface area (Å²) in [6.45, 7) is 4.32. The number of allylic oxidation sites excluding steroid dienone is 1. The Morgan fingerprint density at radius 1 is 1.82 bits per heavy atom. The Kier molecular flexibility index (Phi) is 2.32. The maximum absolute atomic E-state index is 10.3. The smallest absolute Gasteiger partial charge is 0.331 e. The second-order valence-electron chi connectivity index (χ2n) is 3.59. The lowest BCUT2D eigenvalue weighted by molar-refractivity contribution is -0.133. The van der Waals surface area contributed by atoms with Gasteiger partial charge >= 0.3 is 5.97 Å². The van der Waals surface area contributed by atoms with E-state index < -0.39 is 5.97 Å². The molecule has 0 fully saturated rings. The van der Waals surface area contributed by atoms with Crippen LogP contribution in [-0.4, -0.2) is 11.1 Å². The number of hydrogen-bond acceptors (Lipinski definition) is 1. The first kappa shape index (κ1) is 8.31. The van der Waals surface area contributed by atoms with Crippen LogP contribution in [0.1, 0.15) is 26.7 Å². The second kappa shape index (κ2) is 3.07. The Bertz CT molecular complexity index is 192. The minimum absolute atomic E-state index is 0.529. The Morgan fingerprint density at radius 3 is 2.73 bits per heavy atom. The fourth-order valence-corrected chi connectivity index (χ4v) is 1.45. The molecule has 62 valence electrons. The van der Waals surface area contributed by atoms with Crippen LogP contribution in [0.2, 0.25) is 0 Å². The van der Waals surface area contributed by atoms with E-state index in [1.165, 1.54) is 0 Å². The standard InChI is InChI=1S/C9H14O2/c1-6(2)3-7-4-8(5-7)9(10)11/h4,6-7H,3,5H2,1-2H3,(H,10,11)/t7-/m0/s1. The SMILES string of the molecule is CC(C)C[C@H]1C=C(C(=O)O)C1. The van der Waals surface area contributed by atoms with Crippen LogP contribution in [0.25, 0.3) is 0 Å². The largest absolute Gasteiger partial charge is 0.478 e. The molecule has 0 bridgehead atoms. The topological polar surface area (TPSA) is 37.3 Å². The van der Waals surface area contributed by atoms with E-state index in [0.29, 0.717) is 17.4 Å². The molecule has 1 aliphatic carbocycles. The minimum Gasteiger partial charge on any atom is -0.478 e. The van der Waals surface area contributed by atoms with E-state index in [2.05, 4.69) is 13.8 Å². The third-order valence-electron chi connectivity index (χ3n) is 1.97. The molecular formula is C9H14O2. The maximum Gasteiger partial charge on any atom is 0.331 e. The molecule has 1 N–H and O–H groups in total. The van der Waals surface area contributed by atoms with Crippen LogP contribution in [-0.2, 0) is 4.79 Å². The Hall–Kier alpha value is -0.790. The van der Waals surface area contributed by atoms with Gasteiger partial charge in [0.1, 0.15) is 0 Å². The number of hydrogen-bond donors (Lipinski definition) is 1. The summed E-state index contributed by atoms with van der Waals surface area (Å²) >= 11 is 0. The first-order valence-electron chi connectivity index (χ1n) is 4.03. The molecule has 11 heavy (non-hydrogen) atoms. The normalized spacial score (nSPS) is 22.8. The van der Waals surface area contributed by atoms with Crippen molar-refractivity contribution in [3.8, 4) is 0 Å². The molecule has 0 aromatic rings. The van der Waals surface area contributed by atoms with Crippen LogP contribution in [0.5, 0.6) is 0 Å². The highest BCUT2D eigenvalue weighted by atomic mass is 16.4. The average Bonchev–Trinajstić information content (AvgIpc) is 1.75. The molecule has 0 heterocycles. The number of carboxylic acids is 1. The average molecular weight is 154 g/mol. The fraction of sp³-hybridized carbons (Fsp3) is 0.667. The predicted molar refractivity (Wildman–Crippen MR) is 43.3 cm³/mol. The zero-order valence-electron chi connectivity index (χ0n) is 7.00. The number of carboxylic acid groups (broad SMARTS) is 1. The van der Waals surface area contributed by atoms with Crippen LogP contribution >= 0.6 is 0 Å². The van der Waals surface area contributed by atoms with Gasteiger partial charge in [-0.3, -0.25) is 0 Å². The van der Waals surface area contributed by atoms with E-state index in [9.17, 15) is 4.79 Å². The molecule has 1 rings (SSSR count). The van der Waals surface area contributed by atoms with E-state index in [1.54, 1.807) is 0 Å². The highest BCUT2D eigenvalue weighted by Gasteiger charge is 2.24. The van der Waals surface area contributed by atoms with Crippen molar-refractivity contribution >= 4 is 5.97 Å². The van der Waals surface area contributed by atoms with Gasteiger partial charge in [0.2, 0.25) is 0 Å². The Balaban J connectivity index is 2.33. The van der Waals surface area contributed by atoms with Crippen molar-refractivity contribution in [2.75, 3.05) is 0 Å². The van der Waals surface area contributed by atoms with E-state index in [-0.39, 0.29) is 0 Å². The molecule has 0 spiro atoms. The fourth-order valence-electron chi connectivity index (χ4n) is 1.45. The van der Waals surface area contributed by atoms with Gasteiger partial charge in [0.15, 0.2) is 0 Å². The molecule has 1 atom stereocenters. The van der Waals surface area contributed by atoms with Crippen LogP contribution in [0.15, 0.2) is 11.6 Å². The van der Waals surface area contributed by atoms with Crippen LogP contribution in [0, 0.1) is 11.8 Å². The highest BCUT2D eigenvalue weighted by molar-refractivity contribution is 5.88. The molecule has 0 saturated heterocycles. The van der Waals surface area contributed by atoms with Crippen molar-refractivity contribution in [1.29, 1.82) is 0 Å². The molecular weight excluding hydrogens is 140 g/mol. The van der Waals surface area contributed by atoms with Gasteiger partial charge in [-0.15, -0.1) is 0 Å². The third-order valence-corrected chi connectivity index (χ3v) is 1.97. The number of carbonyl (C=O) groups is 1. The second-order valence-corrected chi connectivity index (χ2v) is 3.59. The summed E-state index contributed by atoms with van der Waals surface area (Å²) in [4.78, 5) is 10.3. The summed E-state index contributed by atoms with van der Waals surface area (Å²) in [6.07, 6.45) is 3.77. The molecule has 2 nitrogen and oxygen atoms in total. The zero-order valence-corrected chi connectivity index (χ0v) is 7.00. The summed E-state index contributed by atoms with van der Waals surface area (Å²) in [5.74, 6) is 0.456. The molecule has 0 aliphatic heterocycles. The van der Waals surface area contributed by atoms with Crippen molar-refractivity contribution in [2.24, 2.45) is 11.8 Å². The van der Waals surface area contributed by atoms with Gasteiger partial charge in [0.05, 0.1) is 0 Å². The summed E-state index contributed by atoms with van der Waals surface area (Å²) in [5, 5.41) is 8.52. The Labute approximate surface area is 66.9 Å². The molecule has 1 aliphatic rings. The summed E-state index contributed by atoms with van der Waals surface area (Å²) in [5.41, 5.74) is 0.593. The summed E-state index contributed by atoms with van der Waals surface area (Å²) < 4.78 is 0. The van der Waals surface area contributed by atoms with Crippen molar-refractivity contribution in [3.05, 3.63) is 11.6 Å². The van der Waals surface area contributed by atoms with Crippen molar-refractivity contribution < 1.29 is 9.90 Å². The molecule has 0 aromatic carbocycles. The molecule has 0 aromatic heterocycles. The molecule has 0 unspecified atom stereocenters. The van der Waals surface area contributed by atoms with E-state index >= 15 is 0 Å². The highest BCUT2D eigenvalue weighted by Crippen LogP contribution is 2.30. The lowest BCUT2D eigenvalue weighted by Crippen LogP contribution is -2.18. The maximum atomic E-state index is 10.3. The van der Waals surface area contributed by atoms with Gasteiger partial charge in [0.25, 0.3) is 0 Å².